The molecule has 1 aromatic rings. The monoisotopic (exact) mass is 239 g/mol. The predicted octanol–water partition coefficient (Wildman–Crippen LogP) is 2.40. The summed E-state index contributed by atoms with van der Waals surface area (Å²) in [5.74, 6) is 0.407. The molecule has 2 N–H and O–H groups in total. The van der Waals surface area contributed by atoms with Gasteiger partial charge in [0.25, 0.3) is 0 Å². The molecule has 1 aromatic carbocycles. The number of halogens is 1. The number of hydrogen-bond acceptors (Lipinski definition) is 3. The summed E-state index contributed by atoms with van der Waals surface area (Å²) in [7, 11) is 0. The summed E-state index contributed by atoms with van der Waals surface area (Å²) in [4.78, 5) is 0. The fourth-order valence-corrected chi connectivity index (χ4v) is 1.96. The van der Waals surface area contributed by atoms with Gasteiger partial charge in [-0.2, -0.15) is 0 Å². The molecular weight excluding hydrogens is 221 g/mol. The summed E-state index contributed by atoms with van der Waals surface area (Å²) < 4.78 is 24.3. The number of rotatable bonds is 3. The van der Waals surface area contributed by atoms with E-state index >= 15 is 0 Å². The van der Waals surface area contributed by atoms with Gasteiger partial charge in [0.05, 0.1) is 13.2 Å². The van der Waals surface area contributed by atoms with Crippen LogP contribution in [-0.2, 0) is 4.74 Å². The first-order valence-corrected chi connectivity index (χ1v) is 5.96. The molecule has 0 spiro atoms. The molecule has 4 heteroatoms. The SMILES string of the molecule is C[C@@H](N)c1cc(F)ccc1OC1CCOCC1. The second kappa shape index (κ2) is 5.47. The van der Waals surface area contributed by atoms with Crippen molar-refractivity contribution in [1.29, 1.82) is 0 Å². The summed E-state index contributed by atoms with van der Waals surface area (Å²) in [6, 6.07) is 4.27. The van der Waals surface area contributed by atoms with Gasteiger partial charge >= 0.3 is 0 Å². The molecule has 1 atom stereocenters. The van der Waals surface area contributed by atoms with Crippen molar-refractivity contribution < 1.29 is 13.9 Å². The summed E-state index contributed by atoms with van der Waals surface area (Å²) in [5.41, 5.74) is 6.54. The third-order valence-electron chi connectivity index (χ3n) is 2.92. The summed E-state index contributed by atoms with van der Waals surface area (Å²) in [6.45, 7) is 3.27. The standard InChI is InChI=1S/C13H18FNO2/c1-9(15)12-8-10(14)2-3-13(12)17-11-4-6-16-7-5-11/h2-3,8-9,11H,4-7,15H2,1H3/t9-/m1/s1. The molecule has 0 aliphatic carbocycles. The minimum absolute atomic E-state index is 0.145. The molecule has 3 nitrogen and oxygen atoms in total. The molecule has 17 heavy (non-hydrogen) atoms. The third-order valence-corrected chi connectivity index (χ3v) is 2.92. The minimum atomic E-state index is -0.281. The van der Waals surface area contributed by atoms with Crippen LogP contribution >= 0.6 is 0 Å². The molecule has 0 saturated carbocycles. The van der Waals surface area contributed by atoms with Crippen LogP contribution in [0, 0.1) is 5.82 Å². The van der Waals surface area contributed by atoms with Crippen molar-refractivity contribution >= 4 is 0 Å². The fraction of sp³-hybridized carbons (Fsp3) is 0.538. The maximum absolute atomic E-state index is 13.2. The molecule has 1 fully saturated rings. The molecule has 1 saturated heterocycles. The van der Waals surface area contributed by atoms with E-state index in [9.17, 15) is 4.39 Å². The fourth-order valence-electron chi connectivity index (χ4n) is 1.96. The van der Waals surface area contributed by atoms with Crippen LogP contribution in [0.4, 0.5) is 4.39 Å². The Kier molecular flexibility index (Phi) is 3.97. The van der Waals surface area contributed by atoms with E-state index < -0.39 is 0 Å². The number of hydrogen-bond donors (Lipinski definition) is 1. The molecule has 0 unspecified atom stereocenters. The molecular formula is C13H18FNO2. The summed E-state index contributed by atoms with van der Waals surface area (Å²) in [6.07, 6.45) is 1.89. The van der Waals surface area contributed by atoms with Crippen LogP contribution in [0.1, 0.15) is 31.4 Å². The molecule has 0 amide bonds. The van der Waals surface area contributed by atoms with E-state index in [1.807, 2.05) is 6.92 Å². The summed E-state index contributed by atoms with van der Waals surface area (Å²) >= 11 is 0. The second-order valence-corrected chi connectivity index (χ2v) is 4.40. The van der Waals surface area contributed by atoms with Crippen LogP contribution < -0.4 is 10.5 Å². The van der Waals surface area contributed by atoms with Gasteiger partial charge in [-0.05, 0) is 25.1 Å². The minimum Gasteiger partial charge on any atom is -0.490 e. The maximum Gasteiger partial charge on any atom is 0.124 e. The Hall–Kier alpha value is -1.13. The Morgan fingerprint density at radius 1 is 1.41 bits per heavy atom. The van der Waals surface area contributed by atoms with Gasteiger partial charge in [-0.15, -0.1) is 0 Å². The van der Waals surface area contributed by atoms with E-state index in [1.165, 1.54) is 12.1 Å². The Bertz CT molecular complexity index is 376. The number of nitrogens with two attached hydrogens (primary N) is 1. The van der Waals surface area contributed by atoms with Crippen LogP contribution in [0.15, 0.2) is 18.2 Å². The van der Waals surface area contributed by atoms with E-state index in [0.29, 0.717) is 5.75 Å². The van der Waals surface area contributed by atoms with E-state index in [0.717, 1.165) is 31.6 Å². The predicted molar refractivity (Wildman–Crippen MR) is 63.5 cm³/mol. The largest absolute Gasteiger partial charge is 0.490 e. The molecule has 1 aliphatic heterocycles. The van der Waals surface area contributed by atoms with Crippen molar-refractivity contribution in [3.8, 4) is 5.75 Å². The van der Waals surface area contributed by atoms with Gasteiger partial charge in [0.1, 0.15) is 17.7 Å². The van der Waals surface area contributed by atoms with Gasteiger partial charge < -0.3 is 15.2 Å². The first kappa shape index (κ1) is 12.3. The average molecular weight is 239 g/mol. The first-order valence-electron chi connectivity index (χ1n) is 5.96. The first-order chi connectivity index (χ1) is 8.16. The molecule has 0 bridgehead atoms. The van der Waals surface area contributed by atoms with E-state index in [-0.39, 0.29) is 18.0 Å². The lowest BCUT2D eigenvalue weighted by atomic mass is 10.1. The lowest BCUT2D eigenvalue weighted by Crippen LogP contribution is -2.26. The van der Waals surface area contributed by atoms with Crippen LogP contribution in [0.5, 0.6) is 5.75 Å². The Labute approximate surface area is 101 Å². The Balaban J connectivity index is 2.13. The van der Waals surface area contributed by atoms with Crippen molar-refractivity contribution in [3.63, 3.8) is 0 Å². The van der Waals surface area contributed by atoms with E-state index in [2.05, 4.69) is 0 Å². The molecule has 1 heterocycles. The number of benzene rings is 1. The van der Waals surface area contributed by atoms with Crippen molar-refractivity contribution in [1.82, 2.24) is 0 Å². The maximum atomic E-state index is 13.2. The zero-order chi connectivity index (χ0) is 12.3. The van der Waals surface area contributed by atoms with E-state index in [1.54, 1.807) is 6.07 Å². The molecule has 0 aromatic heterocycles. The smallest absolute Gasteiger partial charge is 0.124 e. The highest BCUT2D eigenvalue weighted by Gasteiger charge is 2.18. The second-order valence-electron chi connectivity index (χ2n) is 4.40. The quantitative estimate of drug-likeness (QED) is 0.881. The normalized spacial score (nSPS) is 19.0. The van der Waals surface area contributed by atoms with Crippen molar-refractivity contribution in [2.24, 2.45) is 5.73 Å². The Morgan fingerprint density at radius 2 is 2.12 bits per heavy atom. The number of ether oxygens (including phenoxy) is 2. The highest BCUT2D eigenvalue weighted by molar-refractivity contribution is 5.36. The van der Waals surface area contributed by atoms with Crippen molar-refractivity contribution in [2.45, 2.75) is 31.9 Å². The van der Waals surface area contributed by atoms with Gasteiger partial charge in [-0.25, -0.2) is 4.39 Å². The van der Waals surface area contributed by atoms with Crippen LogP contribution in [0.3, 0.4) is 0 Å². The lowest BCUT2D eigenvalue weighted by Gasteiger charge is -2.25. The average Bonchev–Trinajstić information content (AvgIpc) is 2.32. The molecule has 0 radical (unpaired) electrons. The van der Waals surface area contributed by atoms with Gasteiger partial charge in [0.15, 0.2) is 0 Å². The lowest BCUT2D eigenvalue weighted by molar-refractivity contribution is 0.0250. The van der Waals surface area contributed by atoms with E-state index in [4.69, 9.17) is 15.2 Å². The zero-order valence-electron chi connectivity index (χ0n) is 9.99. The Morgan fingerprint density at radius 3 is 2.76 bits per heavy atom. The molecule has 94 valence electrons. The topological polar surface area (TPSA) is 44.5 Å². The van der Waals surface area contributed by atoms with Crippen molar-refractivity contribution in [3.05, 3.63) is 29.6 Å². The molecule has 1 aliphatic rings. The van der Waals surface area contributed by atoms with Crippen LogP contribution in [0.2, 0.25) is 0 Å². The highest BCUT2D eigenvalue weighted by atomic mass is 19.1. The van der Waals surface area contributed by atoms with Gasteiger partial charge in [0, 0.05) is 24.4 Å². The van der Waals surface area contributed by atoms with Crippen LogP contribution in [0.25, 0.3) is 0 Å². The van der Waals surface area contributed by atoms with Gasteiger partial charge in [-0.1, -0.05) is 0 Å². The van der Waals surface area contributed by atoms with Crippen molar-refractivity contribution in [2.75, 3.05) is 13.2 Å². The highest BCUT2D eigenvalue weighted by Crippen LogP contribution is 2.27. The summed E-state index contributed by atoms with van der Waals surface area (Å²) in [5, 5.41) is 0. The molecule has 2 rings (SSSR count). The zero-order valence-corrected chi connectivity index (χ0v) is 9.99. The van der Waals surface area contributed by atoms with Gasteiger partial charge in [-0.3, -0.25) is 0 Å². The van der Waals surface area contributed by atoms with Gasteiger partial charge in [0.2, 0.25) is 0 Å². The third kappa shape index (κ3) is 3.17. The van der Waals surface area contributed by atoms with Crippen LogP contribution in [-0.4, -0.2) is 19.3 Å².